The fraction of sp³-hybridized carbons (Fsp3) is 0.294. The van der Waals surface area contributed by atoms with Crippen LogP contribution in [-0.2, 0) is 4.79 Å². The van der Waals surface area contributed by atoms with E-state index in [1.165, 1.54) is 0 Å². The van der Waals surface area contributed by atoms with Gasteiger partial charge in [0.25, 0.3) is 0 Å². The van der Waals surface area contributed by atoms with Crippen molar-refractivity contribution in [2.75, 3.05) is 13.7 Å². The fourth-order valence-corrected chi connectivity index (χ4v) is 2.15. The van der Waals surface area contributed by atoms with Crippen LogP contribution in [0.4, 0.5) is 0 Å². The number of aromatic nitrogens is 1. The number of rotatable bonds is 6. The Kier molecular flexibility index (Phi) is 5.32. The maximum absolute atomic E-state index is 11.5. The van der Waals surface area contributed by atoms with Crippen LogP contribution in [0, 0.1) is 0 Å². The molecule has 0 fully saturated rings. The molecule has 0 aliphatic rings. The molecule has 1 aromatic heterocycles. The summed E-state index contributed by atoms with van der Waals surface area (Å²) >= 11 is 0. The number of benzene rings is 1. The lowest BCUT2D eigenvalue weighted by Gasteiger charge is -2.18. The molecule has 0 radical (unpaired) electrons. The first kappa shape index (κ1) is 15.0. The highest BCUT2D eigenvalue weighted by molar-refractivity contribution is 5.75. The second-order valence-corrected chi connectivity index (χ2v) is 4.74. The van der Waals surface area contributed by atoms with E-state index in [0.29, 0.717) is 13.0 Å². The van der Waals surface area contributed by atoms with Crippen molar-refractivity contribution in [2.45, 2.75) is 19.3 Å². The summed E-state index contributed by atoms with van der Waals surface area (Å²) in [5.41, 5.74) is 2.05. The molecule has 0 saturated heterocycles. The monoisotopic (exact) mass is 284 g/mol. The first-order valence-corrected chi connectivity index (χ1v) is 7.06. The van der Waals surface area contributed by atoms with Crippen LogP contribution in [0.3, 0.4) is 0 Å². The number of pyridine rings is 1. The smallest absolute Gasteiger partial charge is 0.219 e. The fourth-order valence-electron chi connectivity index (χ4n) is 2.15. The van der Waals surface area contributed by atoms with Crippen LogP contribution in [0.1, 0.15) is 30.5 Å². The minimum atomic E-state index is 0.0348. The zero-order valence-corrected chi connectivity index (χ0v) is 12.4. The predicted octanol–water partition coefficient (Wildman–Crippen LogP) is 2.75. The van der Waals surface area contributed by atoms with E-state index in [4.69, 9.17) is 4.74 Å². The summed E-state index contributed by atoms with van der Waals surface area (Å²) in [5, 5.41) is 2.95. The number of ether oxygens (including phenoxy) is 1. The van der Waals surface area contributed by atoms with Gasteiger partial charge in [-0.1, -0.05) is 25.1 Å². The maximum Gasteiger partial charge on any atom is 0.219 e. The molecular formula is C17H20N2O2. The number of carbonyl (C=O) groups excluding carboxylic acids is 1. The summed E-state index contributed by atoms with van der Waals surface area (Å²) in [6, 6.07) is 13.7. The van der Waals surface area contributed by atoms with E-state index in [1.807, 2.05) is 49.4 Å². The van der Waals surface area contributed by atoms with E-state index in [2.05, 4.69) is 10.3 Å². The third kappa shape index (κ3) is 4.05. The summed E-state index contributed by atoms with van der Waals surface area (Å²) < 4.78 is 5.18. The average Bonchev–Trinajstić information content (AvgIpc) is 2.56. The number of methoxy groups -OCH3 is 1. The number of hydrogen-bond donors (Lipinski definition) is 1. The van der Waals surface area contributed by atoms with Gasteiger partial charge in [0.15, 0.2) is 0 Å². The van der Waals surface area contributed by atoms with Crippen LogP contribution < -0.4 is 10.1 Å². The molecule has 2 rings (SSSR count). The van der Waals surface area contributed by atoms with E-state index < -0.39 is 0 Å². The van der Waals surface area contributed by atoms with Crippen LogP contribution >= 0.6 is 0 Å². The van der Waals surface area contributed by atoms with Crippen LogP contribution in [0.2, 0.25) is 0 Å². The molecule has 0 spiro atoms. The summed E-state index contributed by atoms with van der Waals surface area (Å²) in [5.74, 6) is 0.896. The van der Waals surface area contributed by atoms with Gasteiger partial charge >= 0.3 is 0 Å². The van der Waals surface area contributed by atoms with Crippen molar-refractivity contribution in [3.8, 4) is 5.75 Å². The topological polar surface area (TPSA) is 51.2 Å². The molecule has 1 atom stereocenters. The van der Waals surface area contributed by atoms with E-state index in [1.54, 1.807) is 13.3 Å². The summed E-state index contributed by atoms with van der Waals surface area (Å²) in [6.07, 6.45) is 2.26. The van der Waals surface area contributed by atoms with Crippen molar-refractivity contribution in [3.05, 3.63) is 59.9 Å². The Bertz CT molecular complexity index is 567. The van der Waals surface area contributed by atoms with E-state index in [9.17, 15) is 4.79 Å². The number of nitrogens with one attached hydrogen (secondary N) is 1. The van der Waals surface area contributed by atoms with Crippen molar-refractivity contribution < 1.29 is 9.53 Å². The molecule has 21 heavy (non-hydrogen) atoms. The Morgan fingerprint density at radius 1 is 1.24 bits per heavy atom. The lowest BCUT2D eigenvalue weighted by molar-refractivity contribution is -0.120. The summed E-state index contributed by atoms with van der Waals surface area (Å²) in [6.45, 7) is 2.38. The van der Waals surface area contributed by atoms with Crippen molar-refractivity contribution in [3.63, 3.8) is 0 Å². The van der Waals surface area contributed by atoms with Crippen LogP contribution in [0.5, 0.6) is 5.75 Å². The van der Waals surface area contributed by atoms with Gasteiger partial charge in [0.1, 0.15) is 5.75 Å². The van der Waals surface area contributed by atoms with Crippen LogP contribution in [0.15, 0.2) is 48.7 Å². The lowest BCUT2D eigenvalue weighted by Crippen LogP contribution is -2.28. The molecule has 0 saturated carbocycles. The van der Waals surface area contributed by atoms with Crippen molar-refractivity contribution >= 4 is 5.91 Å². The van der Waals surface area contributed by atoms with Gasteiger partial charge in [0.2, 0.25) is 5.91 Å². The van der Waals surface area contributed by atoms with Crippen LogP contribution in [-0.4, -0.2) is 24.5 Å². The summed E-state index contributed by atoms with van der Waals surface area (Å²) in [7, 11) is 1.65. The van der Waals surface area contributed by atoms with Crippen molar-refractivity contribution in [1.82, 2.24) is 10.3 Å². The van der Waals surface area contributed by atoms with E-state index in [-0.39, 0.29) is 11.8 Å². The van der Waals surface area contributed by atoms with E-state index in [0.717, 1.165) is 17.0 Å². The minimum absolute atomic E-state index is 0.0348. The van der Waals surface area contributed by atoms with Crippen molar-refractivity contribution in [2.24, 2.45) is 0 Å². The SMILES string of the molecule is CCC(=O)NCC(c1ccc(OC)cc1)c1ccccn1. The second kappa shape index (κ2) is 7.43. The number of amides is 1. The van der Waals surface area contributed by atoms with Gasteiger partial charge in [-0.15, -0.1) is 0 Å². The molecule has 1 amide bonds. The van der Waals surface area contributed by atoms with Crippen LogP contribution in [0.25, 0.3) is 0 Å². The Balaban J connectivity index is 2.24. The number of hydrogen-bond acceptors (Lipinski definition) is 3. The number of nitrogens with zero attached hydrogens (tertiary/aromatic N) is 1. The molecule has 4 heteroatoms. The zero-order chi connectivity index (χ0) is 15.1. The first-order chi connectivity index (χ1) is 10.2. The molecular weight excluding hydrogens is 264 g/mol. The molecule has 0 aliphatic carbocycles. The Labute approximate surface area is 125 Å². The maximum atomic E-state index is 11.5. The standard InChI is InChI=1S/C17H20N2O2/c1-3-17(20)19-12-15(16-6-4-5-11-18-16)13-7-9-14(21-2)10-8-13/h4-11,15H,3,12H2,1-2H3,(H,19,20). The molecule has 1 heterocycles. The molecule has 1 N–H and O–H groups in total. The molecule has 110 valence electrons. The first-order valence-electron chi connectivity index (χ1n) is 7.06. The highest BCUT2D eigenvalue weighted by Crippen LogP contribution is 2.24. The minimum Gasteiger partial charge on any atom is -0.497 e. The number of carbonyl (C=O) groups is 1. The van der Waals surface area contributed by atoms with Gasteiger partial charge in [-0.25, -0.2) is 0 Å². The lowest BCUT2D eigenvalue weighted by atomic mass is 9.95. The molecule has 0 bridgehead atoms. The molecule has 0 aliphatic heterocycles. The highest BCUT2D eigenvalue weighted by Gasteiger charge is 2.16. The van der Waals surface area contributed by atoms with E-state index >= 15 is 0 Å². The van der Waals surface area contributed by atoms with Gasteiger partial charge in [0.05, 0.1) is 7.11 Å². The van der Waals surface area contributed by atoms with Gasteiger partial charge in [0, 0.05) is 30.8 Å². The molecule has 1 unspecified atom stereocenters. The third-order valence-corrected chi connectivity index (χ3v) is 3.39. The quantitative estimate of drug-likeness (QED) is 0.887. The Morgan fingerprint density at radius 2 is 2.00 bits per heavy atom. The Hall–Kier alpha value is -2.36. The molecule has 2 aromatic rings. The molecule has 1 aromatic carbocycles. The highest BCUT2D eigenvalue weighted by atomic mass is 16.5. The van der Waals surface area contributed by atoms with Gasteiger partial charge in [-0.3, -0.25) is 9.78 Å². The van der Waals surface area contributed by atoms with Gasteiger partial charge < -0.3 is 10.1 Å². The largest absolute Gasteiger partial charge is 0.497 e. The van der Waals surface area contributed by atoms with Gasteiger partial charge in [-0.05, 0) is 29.8 Å². The third-order valence-electron chi connectivity index (χ3n) is 3.39. The summed E-state index contributed by atoms with van der Waals surface area (Å²) in [4.78, 5) is 15.9. The normalized spacial score (nSPS) is 11.7. The van der Waals surface area contributed by atoms with Crippen molar-refractivity contribution in [1.29, 1.82) is 0 Å². The average molecular weight is 284 g/mol. The second-order valence-electron chi connectivity index (χ2n) is 4.74. The predicted molar refractivity (Wildman–Crippen MR) is 82.4 cm³/mol. The Morgan fingerprint density at radius 3 is 2.57 bits per heavy atom. The van der Waals surface area contributed by atoms with Gasteiger partial charge in [-0.2, -0.15) is 0 Å². The zero-order valence-electron chi connectivity index (χ0n) is 12.4. The molecule has 4 nitrogen and oxygen atoms in total.